The highest BCUT2D eigenvalue weighted by Crippen LogP contribution is 2.40. The molecule has 1 N–H and O–H groups in total. The SMILES string of the molecule is CC1(C)C(=O)N(CC(=O)NC2CC2)c2ccccc21. The fraction of sp³-hybridized carbons (Fsp3) is 0.467. The Balaban J connectivity index is 1.85. The Hall–Kier alpha value is -1.84. The molecule has 2 amide bonds. The third kappa shape index (κ3) is 2.01. The van der Waals surface area contributed by atoms with Gasteiger partial charge in [-0.1, -0.05) is 18.2 Å². The number of para-hydroxylation sites is 1. The highest BCUT2D eigenvalue weighted by Gasteiger charge is 2.44. The highest BCUT2D eigenvalue weighted by molar-refractivity contribution is 6.10. The molecule has 1 aromatic carbocycles. The van der Waals surface area contributed by atoms with E-state index in [4.69, 9.17) is 0 Å². The molecule has 0 unspecified atom stereocenters. The van der Waals surface area contributed by atoms with E-state index in [9.17, 15) is 9.59 Å². The number of nitrogens with zero attached hydrogens (tertiary/aromatic N) is 1. The van der Waals surface area contributed by atoms with Gasteiger partial charge in [0.05, 0.1) is 5.41 Å². The largest absolute Gasteiger partial charge is 0.352 e. The summed E-state index contributed by atoms with van der Waals surface area (Å²) in [6, 6.07) is 8.03. The fourth-order valence-electron chi connectivity index (χ4n) is 2.60. The summed E-state index contributed by atoms with van der Waals surface area (Å²) in [5.74, 6) is -0.0667. The lowest BCUT2D eigenvalue weighted by atomic mass is 9.86. The van der Waals surface area contributed by atoms with Crippen molar-refractivity contribution in [3.05, 3.63) is 29.8 Å². The first-order valence-electron chi connectivity index (χ1n) is 6.71. The Kier molecular flexibility index (Phi) is 2.62. The molecule has 0 aromatic heterocycles. The Labute approximate surface area is 112 Å². The van der Waals surface area contributed by atoms with Gasteiger partial charge in [-0.25, -0.2) is 0 Å². The van der Waals surface area contributed by atoms with Crippen molar-refractivity contribution < 1.29 is 9.59 Å². The average Bonchev–Trinajstić information content (AvgIpc) is 3.16. The molecule has 2 aliphatic rings. The molecule has 1 aromatic rings. The van der Waals surface area contributed by atoms with E-state index in [-0.39, 0.29) is 18.4 Å². The van der Waals surface area contributed by atoms with Crippen LogP contribution in [-0.4, -0.2) is 24.4 Å². The second-order valence-electron chi connectivity index (χ2n) is 5.88. The number of carbonyl (C=O) groups is 2. The summed E-state index contributed by atoms with van der Waals surface area (Å²) in [6.07, 6.45) is 2.11. The van der Waals surface area contributed by atoms with Crippen molar-refractivity contribution in [3.63, 3.8) is 0 Å². The molecule has 0 spiro atoms. The van der Waals surface area contributed by atoms with E-state index < -0.39 is 5.41 Å². The zero-order valence-electron chi connectivity index (χ0n) is 11.3. The van der Waals surface area contributed by atoms with Crippen molar-refractivity contribution >= 4 is 17.5 Å². The third-order valence-corrected chi connectivity index (χ3v) is 3.89. The van der Waals surface area contributed by atoms with Crippen LogP contribution in [0, 0.1) is 0 Å². The van der Waals surface area contributed by atoms with Gasteiger partial charge in [0.1, 0.15) is 6.54 Å². The Morgan fingerprint density at radius 2 is 2.05 bits per heavy atom. The van der Waals surface area contributed by atoms with E-state index in [0.29, 0.717) is 6.04 Å². The van der Waals surface area contributed by atoms with Crippen LogP contribution in [0.5, 0.6) is 0 Å². The summed E-state index contributed by atoms with van der Waals surface area (Å²) in [4.78, 5) is 26.0. The number of fused-ring (bicyclic) bond motifs is 1. The van der Waals surface area contributed by atoms with E-state index >= 15 is 0 Å². The average molecular weight is 258 g/mol. The predicted molar refractivity (Wildman–Crippen MR) is 73.0 cm³/mol. The van der Waals surface area contributed by atoms with Crippen LogP contribution >= 0.6 is 0 Å². The Bertz CT molecular complexity index is 547. The lowest BCUT2D eigenvalue weighted by Gasteiger charge is -2.20. The van der Waals surface area contributed by atoms with Gasteiger partial charge < -0.3 is 10.2 Å². The maximum absolute atomic E-state index is 12.5. The summed E-state index contributed by atoms with van der Waals surface area (Å²) in [5.41, 5.74) is 1.32. The van der Waals surface area contributed by atoms with Crippen LogP contribution in [-0.2, 0) is 15.0 Å². The lowest BCUT2D eigenvalue weighted by molar-refractivity contribution is -0.125. The van der Waals surface area contributed by atoms with Crippen molar-refractivity contribution in [2.24, 2.45) is 0 Å². The van der Waals surface area contributed by atoms with Gasteiger partial charge in [0.25, 0.3) is 0 Å². The van der Waals surface area contributed by atoms with E-state index in [1.807, 2.05) is 38.1 Å². The van der Waals surface area contributed by atoms with Crippen molar-refractivity contribution in [3.8, 4) is 0 Å². The number of benzene rings is 1. The molecule has 1 fully saturated rings. The maximum atomic E-state index is 12.5. The zero-order chi connectivity index (χ0) is 13.6. The minimum atomic E-state index is -0.545. The standard InChI is InChI=1S/C15H18N2O2/c1-15(2)11-5-3-4-6-12(11)17(14(15)19)9-13(18)16-10-7-8-10/h3-6,10H,7-9H2,1-2H3,(H,16,18). The molecule has 100 valence electrons. The summed E-state index contributed by atoms with van der Waals surface area (Å²) >= 11 is 0. The van der Waals surface area contributed by atoms with Gasteiger partial charge in [0.15, 0.2) is 0 Å². The molecule has 1 saturated carbocycles. The number of carbonyl (C=O) groups excluding carboxylic acids is 2. The van der Waals surface area contributed by atoms with Gasteiger partial charge in [0, 0.05) is 11.7 Å². The number of hydrogen-bond donors (Lipinski definition) is 1. The second kappa shape index (κ2) is 4.08. The monoisotopic (exact) mass is 258 g/mol. The van der Waals surface area contributed by atoms with Crippen LogP contribution in [0.15, 0.2) is 24.3 Å². The molecule has 0 radical (unpaired) electrons. The van der Waals surface area contributed by atoms with E-state index in [0.717, 1.165) is 24.1 Å². The summed E-state index contributed by atoms with van der Waals surface area (Å²) in [6.45, 7) is 3.94. The molecule has 0 atom stereocenters. The molecular weight excluding hydrogens is 240 g/mol. The van der Waals surface area contributed by atoms with E-state index in [1.54, 1.807) is 4.90 Å². The quantitative estimate of drug-likeness (QED) is 0.895. The summed E-state index contributed by atoms with van der Waals surface area (Å²) < 4.78 is 0. The molecule has 1 heterocycles. The summed E-state index contributed by atoms with van der Waals surface area (Å²) in [7, 11) is 0. The number of amides is 2. The molecule has 4 heteroatoms. The molecule has 0 saturated heterocycles. The molecule has 3 rings (SSSR count). The van der Waals surface area contributed by atoms with Crippen molar-refractivity contribution in [2.45, 2.75) is 38.1 Å². The first-order valence-corrected chi connectivity index (χ1v) is 6.71. The normalized spacial score (nSPS) is 20.3. The van der Waals surface area contributed by atoms with Gasteiger partial charge in [-0.05, 0) is 38.3 Å². The van der Waals surface area contributed by atoms with Crippen molar-refractivity contribution in [1.82, 2.24) is 5.32 Å². The highest BCUT2D eigenvalue weighted by atomic mass is 16.2. The van der Waals surface area contributed by atoms with Gasteiger partial charge in [-0.3, -0.25) is 9.59 Å². The van der Waals surface area contributed by atoms with Gasteiger partial charge in [0.2, 0.25) is 11.8 Å². The van der Waals surface area contributed by atoms with Gasteiger partial charge in [-0.2, -0.15) is 0 Å². The fourth-order valence-corrected chi connectivity index (χ4v) is 2.60. The lowest BCUT2D eigenvalue weighted by Crippen LogP contribution is -2.43. The zero-order valence-corrected chi connectivity index (χ0v) is 11.3. The number of rotatable bonds is 3. The van der Waals surface area contributed by atoms with Crippen LogP contribution in [0.1, 0.15) is 32.3 Å². The second-order valence-corrected chi connectivity index (χ2v) is 5.88. The minimum Gasteiger partial charge on any atom is -0.352 e. The molecular formula is C15H18N2O2. The minimum absolute atomic E-state index is 0.000327. The molecule has 1 aliphatic carbocycles. The number of nitrogens with one attached hydrogen (secondary N) is 1. The first kappa shape index (κ1) is 12.2. The van der Waals surface area contributed by atoms with Gasteiger partial charge in [-0.15, -0.1) is 0 Å². The van der Waals surface area contributed by atoms with E-state index in [1.165, 1.54) is 0 Å². The van der Waals surface area contributed by atoms with Crippen molar-refractivity contribution in [2.75, 3.05) is 11.4 Å². The Morgan fingerprint density at radius 1 is 1.37 bits per heavy atom. The predicted octanol–water partition coefficient (Wildman–Crippen LogP) is 1.59. The number of anilines is 1. The third-order valence-electron chi connectivity index (χ3n) is 3.89. The summed E-state index contributed by atoms with van der Waals surface area (Å²) in [5, 5.41) is 2.93. The van der Waals surface area contributed by atoms with Crippen molar-refractivity contribution in [1.29, 1.82) is 0 Å². The molecule has 0 bridgehead atoms. The van der Waals surface area contributed by atoms with Crippen LogP contribution < -0.4 is 10.2 Å². The van der Waals surface area contributed by atoms with Crippen LogP contribution in [0.4, 0.5) is 5.69 Å². The first-order chi connectivity index (χ1) is 9.00. The Morgan fingerprint density at radius 3 is 2.74 bits per heavy atom. The molecule has 19 heavy (non-hydrogen) atoms. The number of hydrogen-bond acceptors (Lipinski definition) is 2. The maximum Gasteiger partial charge on any atom is 0.240 e. The van der Waals surface area contributed by atoms with Crippen LogP contribution in [0.2, 0.25) is 0 Å². The van der Waals surface area contributed by atoms with Crippen LogP contribution in [0.3, 0.4) is 0 Å². The van der Waals surface area contributed by atoms with Crippen LogP contribution in [0.25, 0.3) is 0 Å². The van der Waals surface area contributed by atoms with Gasteiger partial charge >= 0.3 is 0 Å². The smallest absolute Gasteiger partial charge is 0.240 e. The molecule has 1 aliphatic heterocycles. The topological polar surface area (TPSA) is 49.4 Å². The van der Waals surface area contributed by atoms with E-state index in [2.05, 4.69) is 5.32 Å². The molecule has 4 nitrogen and oxygen atoms in total.